The maximum absolute atomic E-state index is 12.1. The Balaban J connectivity index is 1.37. The molecule has 1 saturated heterocycles. The van der Waals surface area contributed by atoms with Gasteiger partial charge >= 0.3 is 6.03 Å². The number of amides is 2. The van der Waals surface area contributed by atoms with Crippen LogP contribution in [-0.4, -0.2) is 46.9 Å². The monoisotopic (exact) mass is 340 g/mol. The first kappa shape index (κ1) is 17.1. The van der Waals surface area contributed by atoms with E-state index in [-0.39, 0.29) is 12.1 Å². The Morgan fingerprint density at radius 1 is 1.24 bits per heavy atom. The highest BCUT2D eigenvalue weighted by molar-refractivity contribution is 5.74. The average molecular weight is 340 g/mol. The first-order chi connectivity index (χ1) is 12.2. The molecular formula is C18H24N6O. The fourth-order valence-electron chi connectivity index (χ4n) is 3.04. The van der Waals surface area contributed by atoms with Crippen molar-refractivity contribution in [1.82, 2.24) is 25.8 Å². The molecule has 0 saturated carbocycles. The number of pyridine rings is 1. The van der Waals surface area contributed by atoms with Crippen molar-refractivity contribution in [2.45, 2.75) is 32.2 Å². The molecule has 1 fully saturated rings. The van der Waals surface area contributed by atoms with Gasteiger partial charge in [-0.25, -0.2) is 4.79 Å². The lowest BCUT2D eigenvalue weighted by molar-refractivity contribution is 0.234. The van der Waals surface area contributed by atoms with E-state index in [0.717, 1.165) is 43.9 Å². The van der Waals surface area contributed by atoms with Crippen LogP contribution < -0.4 is 15.5 Å². The van der Waals surface area contributed by atoms with Crippen LogP contribution in [0.4, 0.5) is 10.6 Å². The molecule has 3 rings (SSSR count). The Morgan fingerprint density at radius 3 is 2.76 bits per heavy atom. The summed E-state index contributed by atoms with van der Waals surface area (Å²) >= 11 is 0. The zero-order valence-corrected chi connectivity index (χ0v) is 14.5. The van der Waals surface area contributed by atoms with E-state index in [9.17, 15) is 4.79 Å². The molecule has 0 spiro atoms. The minimum atomic E-state index is -0.0977. The largest absolute Gasteiger partial charge is 0.355 e. The van der Waals surface area contributed by atoms with E-state index in [1.165, 1.54) is 5.56 Å². The summed E-state index contributed by atoms with van der Waals surface area (Å²) in [7, 11) is 0. The Kier molecular flexibility index (Phi) is 5.77. The number of aromatic nitrogens is 3. The van der Waals surface area contributed by atoms with Crippen molar-refractivity contribution >= 4 is 11.8 Å². The third-order valence-electron chi connectivity index (χ3n) is 4.51. The Morgan fingerprint density at radius 2 is 2.04 bits per heavy atom. The Labute approximate surface area is 147 Å². The molecule has 2 N–H and O–H groups in total. The van der Waals surface area contributed by atoms with Crippen molar-refractivity contribution < 1.29 is 4.79 Å². The van der Waals surface area contributed by atoms with Crippen LogP contribution in [0.15, 0.2) is 36.7 Å². The van der Waals surface area contributed by atoms with Gasteiger partial charge in [0.1, 0.15) is 0 Å². The van der Waals surface area contributed by atoms with Crippen LogP contribution in [-0.2, 0) is 6.42 Å². The zero-order valence-electron chi connectivity index (χ0n) is 14.5. The van der Waals surface area contributed by atoms with Crippen LogP contribution >= 0.6 is 0 Å². The number of piperidine rings is 1. The predicted molar refractivity (Wildman–Crippen MR) is 96.5 cm³/mol. The molecular weight excluding hydrogens is 316 g/mol. The molecule has 1 aliphatic heterocycles. The van der Waals surface area contributed by atoms with E-state index in [1.807, 2.05) is 31.2 Å². The normalized spacial score (nSPS) is 15.0. The molecule has 0 unspecified atom stereocenters. The van der Waals surface area contributed by atoms with E-state index >= 15 is 0 Å². The third kappa shape index (κ3) is 4.89. The molecule has 2 amide bonds. The lowest BCUT2D eigenvalue weighted by Gasteiger charge is -2.32. The van der Waals surface area contributed by atoms with E-state index in [2.05, 4.69) is 30.7 Å². The number of hydrogen-bond donors (Lipinski definition) is 2. The van der Waals surface area contributed by atoms with Gasteiger partial charge in [-0.05, 0) is 49.9 Å². The van der Waals surface area contributed by atoms with Crippen LogP contribution in [0, 0.1) is 6.92 Å². The second kappa shape index (κ2) is 8.41. The third-order valence-corrected chi connectivity index (χ3v) is 4.51. The summed E-state index contributed by atoms with van der Waals surface area (Å²) < 4.78 is 0. The van der Waals surface area contributed by atoms with Crippen LogP contribution in [0.1, 0.15) is 24.1 Å². The number of anilines is 1. The van der Waals surface area contributed by atoms with Gasteiger partial charge < -0.3 is 15.5 Å². The Hall–Kier alpha value is -2.70. The average Bonchev–Trinajstić information content (AvgIpc) is 2.65. The molecule has 2 aromatic heterocycles. The van der Waals surface area contributed by atoms with Gasteiger partial charge in [0.05, 0.1) is 0 Å². The summed E-state index contributed by atoms with van der Waals surface area (Å²) in [4.78, 5) is 18.5. The molecule has 0 radical (unpaired) electrons. The van der Waals surface area contributed by atoms with Crippen molar-refractivity contribution in [3.8, 4) is 0 Å². The number of urea groups is 1. The number of carbonyl (C=O) groups is 1. The van der Waals surface area contributed by atoms with E-state index in [1.54, 1.807) is 12.4 Å². The SMILES string of the molecule is Cc1ncccc1CCNC(=O)NC1CCN(c2cccnn2)CC1. The highest BCUT2D eigenvalue weighted by atomic mass is 16.2. The fourth-order valence-corrected chi connectivity index (χ4v) is 3.04. The quantitative estimate of drug-likeness (QED) is 0.865. The molecule has 0 atom stereocenters. The summed E-state index contributed by atoms with van der Waals surface area (Å²) in [5, 5.41) is 14.1. The molecule has 132 valence electrons. The molecule has 25 heavy (non-hydrogen) atoms. The number of nitrogens with one attached hydrogen (secondary N) is 2. The fraction of sp³-hybridized carbons (Fsp3) is 0.444. The minimum absolute atomic E-state index is 0.0977. The molecule has 2 aromatic rings. The van der Waals surface area contributed by atoms with Crippen molar-refractivity contribution in [1.29, 1.82) is 0 Å². The molecule has 1 aliphatic rings. The van der Waals surface area contributed by atoms with E-state index in [0.29, 0.717) is 6.54 Å². The Bertz CT molecular complexity index is 685. The number of carbonyl (C=O) groups excluding carboxylic acids is 1. The lowest BCUT2D eigenvalue weighted by atomic mass is 10.1. The number of aryl methyl sites for hydroxylation is 1. The van der Waals surface area contributed by atoms with Gasteiger partial charge in [-0.15, -0.1) is 5.10 Å². The van der Waals surface area contributed by atoms with Gasteiger partial charge in [-0.1, -0.05) is 6.07 Å². The van der Waals surface area contributed by atoms with E-state index in [4.69, 9.17) is 0 Å². The van der Waals surface area contributed by atoms with Crippen LogP contribution in [0.25, 0.3) is 0 Å². The van der Waals surface area contributed by atoms with Crippen LogP contribution in [0.3, 0.4) is 0 Å². The standard InChI is InChI=1S/C18H24N6O/c1-14-15(4-2-9-19-14)6-11-20-18(25)22-16-7-12-24(13-8-16)17-5-3-10-21-23-17/h2-5,9-10,16H,6-8,11-13H2,1H3,(H2,20,22,25). The van der Waals surface area contributed by atoms with Crippen molar-refractivity contribution in [3.63, 3.8) is 0 Å². The molecule has 0 aromatic carbocycles. The summed E-state index contributed by atoms with van der Waals surface area (Å²) in [6.07, 6.45) is 6.07. The van der Waals surface area contributed by atoms with E-state index < -0.39 is 0 Å². The highest BCUT2D eigenvalue weighted by Gasteiger charge is 2.21. The first-order valence-corrected chi connectivity index (χ1v) is 8.70. The summed E-state index contributed by atoms with van der Waals surface area (Å²) in [5.41, 5.74) is 2.18. The van der Waals surface area contributed by atoms with Crippen molar-refractivity contribution in [2.75, 3.05) is 24.5 Å². The second-order valence-corrected chi connectivity index (χ2v) is 6.24. The molecule has 7 nitrogen and oxygen atoms in total. The maximum atomic E-state index is 12.1. The number of rotatable bonds is 5. The van der Waals surface area contributed by atoms with Crippen molar-refractivity contribution in [2.24, 2.45) is 0 Å². The lowest BCUT2D eigenvalue weighted by Crippen LogP contribution is -2.48. The smallest absolute Gasteiger partial charge is 0.315 e. The zero-order chi connectivity index (χ0) is 17.5. The van der Waals surface area contributed by atoms with Gasteiger partial charge in [0.2, 0.25) is 0 Å². The number of hydrogen-bond acceptors (Lipinski definition) is 5. The minimum Gasteiger partial charge on any atom is -0.355 e. The van der Waals surface area contributed by atoms with Gasteiger partial charge in [0.15, 0.2) is 5.82 Å². The van der Waals surface area contributed by atoms with Crippen molar-refractivity contribution in [3.05, 3.63) is 47.9 Å². The topological polar surface area (TPSA) is 83.0 Å². The van der Waals surface area contributed by atoms with Gasteiger partial charge in [0, 0.05) is 43.8 Å². The maximum Gasteiger partial charge on any atom is 0.315 e. The molecule has 0 aliphatic carbocycles. The van der Waals surface area contributed by atoms with Crippen LogP contribution in [0.5, 0.6) is 0 Å². The number of nitrogens with zero attached hydrogens (tertiary/aromatic N) is 4. The molecule has 0 bridgehead atoms. The van der Waals surface area contributed by atoms with Gasteiger partial charge in [-0.2, -0.15) is 5.10 Å². The highest BCUT2D eigenvalue weighted by Crippen LogP contribution is 2.16. The summed E-state index contributed by atoms with van der Waals surface area (Å²) in [6, 6.07) is 7.93. The summed E-state index contributed by atoms with van der Waals surface area (Å²) in [5.74, 6) is 0.900. The first-order valence-electron chi connectivity index (χ1n) is 8.70. The van der Waals surface area contributed by atoms with Gasteiger partial charge in [-0.3, -0.25) is 4.98 Å². The summed E-state index contributed by atoms with van der Waals surface area (Å²) in [6.45, 7) is 4.34. The molecule has 7 heteroatoms. The van der Waals surface area contributed by atoms with Crippen LogP contribution in [0.2, 0.25) is 0 Å². The molecule has 3 heterocycles. The second-order valence-electron chi connectivity index (χ2n) is 6.24. The van der Waals surface area contributed by atoms with Gasteiger partial charge in [0.25, 0.3) is 0 Å². The predicted octanol–water partition coefficient (Wildman–Crippen LogP) is 1.69.